The van der Waals surface area contributed by atoms with Crippen LogP contribution in [0.1, 0.15) is 40.7 Å². The number of quaternary nitrogens is 1. The summed E-state index contributed by atoms with van der Waals surface area (Å²) in [5.74, 6) is -2.75. The number of aromatic nitrogens is 2. The number of hydrogen-bond acceptors (Lipinski definition) is 6. The number of anilines is 1. The van der Waals surface area contributed by atoms with Gasteiger partial charge in [0.25, 0.3) is 11.8 Å². The van der Waals surface area contributed by atoms with Crippen molar-refractivity contribution >= 4 is 41.2 Å². The minimum atomic E-state index is -1.17. The smallest absolute Gasteiger partial charge is 0.291 e. The fourth-order valence-corrected chi connectivity index (χ4v) is 6.11. The fraction of sp³-hybridized carbons (Fsp3) is 0.406. The van der Waals surface area contributed by atoms with Crippen LogP contribution in [0.2, 0.25) is 5.02 Å². The number of ether oxygens (including phenoxy) is 1. The molecule has 0 aliphatic carbocycles. The molecule has 0 saturated carbocycles. The van der Waals surface area contributed by atoms with Gasteiger partial charge in [0, 0.05) is 70.1 Å². The lowest BCUT2D eigenvalue weighted by atomic mass is 10.1. The van der Waals surface area contributed by atoms with Crippen LogP contribution in [-0.4, -0.2) is 95.7 Å². The van der Waals surface area contributed by atoms with Crippen LogP contribution < -0.4 is 15.4 Å². The number of amides is 3. The Balaban J connectivity index is 1.19. The van der Waals surface area contributed by atoms with Crippen molar-refractivity contribution in [3.8, 4) is 17.0 Å². The van der Waals surface area contributed by atoms with Gasteiger partial charge in [0.05, 0.1) is 41.5 Å². The Morgan fingerprint density at radius 3 is 2.54 bits per heavy atom. The molecule has 3 N–H and O–H groups in total. The molecule has 2 aliphatic heterocycles. The molecular formula is C32H37ClF2N7O4+. The largest absolute Gasteiger partial charge is 0.485 e. The Morgan fingerprint density at radius 1 is 1.13 bits per heavy atom. The standard InChI is InChI=1S/C32H36ClF2N7O4/c1-19-14-21(37-17-19)16-27(43)41-9-11-42(12-10-41)32(45)22-5-4-20(15-24(22)33)39-31(44)30-38-18-25(40(30)3)23-6-7-26(29(35)28(23)34)46-13-8-36-2/h4-8,15,18-19,21,37H,9-14,16-17H2,1-3H3,(H,39,44)/p+1/t19-,21?/m1/s1. The number of aliphatic imine (C=N–C) groups is 1. The van der Waals surface area contributed by atoms with Crippen molar-refractivity contribution in [1.82, 2.24) is 19.4 Å². The summed E-state index contributed by atoms with van der Waals surface area (Å²) < 4.78 is 36.1. The molecule has 3 heterocycles. The highest BCUT2D eigenvalue weighted by Gasteiger charge is 2.31. The molecule has 0 bridgehead atoms. The summed E-state index contributed by atoms with van der Waals surface area (Å²) >= 11 is 6.48. The number of carbonyl (C=O) groups excluding carboxylic acids is 3. The van der Waals surface area contributed by atoms with E-state index in [1.165, 1.54) is 55.3 Å². The van der Waals surface area contributed by atoms with Gasteiger partial charge in [-0.1, -0.05) is 18.5 Å². The molecule has 11 nitrogen and oxygen atoms in total. The monoisotopic (exact) mass is 656 g/mol. The first-order chi connectivity index (χ1) is 22.1. The van der Waals surface area contributed by atoms with Crippen molar-refractivity contribution in [1.29, 1.82) is 0 Å². The van der Waals surface area contributed by atoms with Gasteiger partial charge in [-0.2, -0.15) is 4.39 Å². The zero-order chi connectivity index (χ0) is 33.0. The molecule has 0 radical (unpaired) electrons. The lowest BCUT2D eigenvalue weighted by Gasteiger charge is -2.35. The van der Waals surface area contributed by atoms with Crippen molar-refractivity contribution in [2.45, 2.75) is 25.8 Å². The van der Waals surface area contributed by atoms with Gasteiger partial charge in [-0.15, -0.1) is 0 Å². The van der Waals surface area contributed by atoms with E-state index in [0.717, 1.165) is 13.0 Å². The van der Waals surface area contributed by atoms with E-state index >= 15 is 0 Å². The predicted molar refractivity (Wildman–Crippen MR) is 169 cm³/mol. The summed E-state index contributed by atoms with van der Waals surface area (Å²) in [5.41, 5.74) is 0.677. The van der Waals surface area contributed by atoms with Crippen LogP contribution in [0.5, 0.6) is 5.75 Å². The van der Waals surface area contributed by atoms with Gasteiger partial charge in [0.1, 0.15) is 6.61 Å². The number of piperazine rings is 1. The van der Waals surface area contributed by atoms with E-state index in [-0.39, 0.29) is 51.8 Å². The second-order valence-electron chi connectivity index (χ2n) is 11.6. The summed E-state index contributed by atoms with van der Waals surface area (Å²) in [5, 5.41) is 5.08. The van der Waals surface area contributed by atoms with E-state index in [0.29, 0.717) is 50.2 Å². The van der Waals surface area contributed by atoms with Crippen LogP contribution in [0, 0.1) is 17.6 Å². The van der Waals surface area contributed by atoms with Crippen molar-refractivity contribution in [3.63, 3.8) is 0 Å². The van der Waals surface area contributed by atoms with Crippen LogP contribution in [0.15, 0.2) is 41.5 Å². The van der Waals surface area contributed by atoms with Gasteiger partial charge in [0.2, 0.25) is 11.7 Å². The van der Waals surface area contributed by atoms with Crippen LogP contribution in [0.25, 0.3) is 11.3 Å². The number of benzene rings is 2. The van der Waals surface area contributed by atoms with E-state index in [2.05, 4.69) is 27.5 Å². The van der Waals surface area contributed by atoms with Gasteiger partial charge in [-0.05, 0) is 30.3 Å². The van der Waals surface area contributed by atoms with Gasteiger partial charge < -0.3 is 29.7 Å². The topological polar surface area (TPSA) is 126 Å². The number of hydrogen-bond donors (Lipinski definition) is 2. The quantitative estimate of drug-likeness (QED) is 0.343. The summed E-state index contributed by atoms with van der Waals surface area (Å²) in [6, 6.07) is 7.52. The van der Waals surface area contributed by atoms with E-state index < -0.39 is 17.5 Å². The van der Waals surface area contributed by atoms with Gasteiger partial charge >= 0.3 is 0 Å². The molecule has 2 atom stereocenters. The minimum Gasteiger partial charge on any atom is -0.485 e. The number of nitrogens with two attached hydrogens (primary N) is 1. The fourth-order valence-electron chi connectivity index (χ4n) is 5.85. The molecule has 2 saturated heterocycles. The SMILES string of the molecule is CN=CCOc1ccc(-c2cnc(C(=O)Nc3ccc(C(=O)N4CCN(C(=O)CC5C[C@@H](C)C[NH2+]5)CC4)c(Cl)c3)n2C)c(F)c1F. The Labute approximate surface area is 270 Å². The number of nitrogens with zero attached hydrogens (tertiary/aromatic N) is 5. The third kappa shape index (κ3) is 7.20. The molecular weight excluding hydrogens is 620 g/mol. The van der Waals surface area contributed by atoms with Crippen molar-refractivity contribution in [2.75, 3.05) is 51.7 Å². The maximum Gasteiger partial charge on any atom is 0.291 e. The highest BCUT2D eigenvalue weighted by atomic mass is 35.5. The second-order valence-corrected chi connectivity index (χ2v) is 12.0. The zero-order valence-electron chi connectivity index (χ0n) is 25.9. The highest BCUT2D eigenvalue weighted by Crippen LogP contribution is 2.30. The average Bonchev–Trinajstić information content (AvgIpc) is 3.63. The van der Waals surface area contributed by atoms with Crippen molar-refractivity contribution < 1.29 is 33.2 Å². The van der Waals surface area contributed by atoms with Crippen LogP contribution in [-0.2, 0) is 11.8 Å². The van der Waals surface area contributed by atoms with E-state index in [9.17, 15) is 23.2 Å². The zero-order valence-corrected chi connectivity index (χ0v) is 26.7. The molecule has 14 heteroatoms. The third-order valence-corrected chi connectivity index (χ3v) is 8.71. The van der Waals surface area contributed by atoms with E-state index in [4.69, 9.17) is 16.3 Å². The second kappa shape index (κ2) is 14.4. The van der Waals surface area contributed by atoms with Crippen LogP contribution in [0.3, 0.4) is 0 Å². The van der Waals surface area contributed by atoms with Crippen molar-refractivity contribution in [2.24, 2.45) is 18.0 Å². The summed E-state index contributed by atoms with van der Waals surface area (Å²) in [6.07, 6.45) is 4.25. The Hall–Kier alpha value is -4.36. The Kier molecular flexibility index (Phi) is 10.3. The molecule has 5 rings (SSSR count). The molecule has 2 aliphatic rings. The van der Waals surface area contributed by atoms with Gasteiger partial charge in [-0.3, -0.25) is 19.4 Å². The normalized spacial score (nSPS) is 18.3. The predicted octanol–water partition coefficient (Wildman–Crippen LogP) is 3.00. The molecule has 3 aromatic rings. The first-order valence-corrected chi connectivity index (χ1v) is 15.5. The summed E-state index contributed by atoms with van der Waals surface area (Å²) in [7, 11) is 3.04. The molecule has 244 valence electrons. The number of nitrogens with one attached hydrogen (secondary N) is 1. The lowest BCUT2D eigenvalue weighted by molar-refractivity contribution is -0.670. The molecule has 3 amide bonds. The summed E-state index contributed by atoms with van der Waals surface area (Å²) in [4.78, 5) is 50.4. The van der Waals surface area contributed by atoms with E-state index in [1.807, 2.05) is 4.90 Å². The molecule has 0 spiro atoms. The Bertz CT molecular complexity index is 1660. The number of rotatable bonds is 9. The third-order valence-electron chi connectivity index (χ3n) is 8.40. The Morgan fingerprint density at radius 2 is 1.87 bits per heavy atom. The van der Waals surface area contributed by atoms with Gasteiger partial charge in [0.15, 0.2) is 17.4 Å². The minimum absolute atomic E-state index is 0.0144. The van der Waals surface area contributed by atoms with E-state index in [1.54, 1.807) is 11.0 Å². The number of imidazole rings is 1. The van der Waals surface area contributed by atoms with Crippen molar-refractivity contribution in [3.05, 3.63) is 64.6 Å². The average molecular weight is 657 g/mol. The van der Waals surface area contributed by atoms with Crippen LogP contribution in [0.4, 0.5) is 14.5 Å². The molecule has 2 aromatic carbocycles. The van der Waals surface area contributed by atoms with Gasteiger partial charge in [-0.25, -0.2) is 9.37 Å². The molecule has 2 fully saturated rings. The molecule has 1 unspecified atom stereocenters. The first-order valence-electron chi connectivity index (χ1n) is 15.1. The number of carbonyl (C=O) groups is 3. The highest BCUT2D eigenvalue weighted by molar-refractivity contribution is 6.34. The molecule has 1 aromatic heterocycles. The summed E-state index contributed by atoms with van der Waals surface area (Å²) in [6.45, 7) is 4.97. The lowest BCUT2D eigenvalue weighted by Crippen LogP contribution is -2.87. The first kappa shape index (κ1) is 33.0. The maximum absolute atomic E-state index is 14.9. The maximum atomic E-state index is 14.9. The number of halogens is 3. The van der Waals surface area contributed by atoms with Crippen LogP contribution >= 0.6 is 11.6 Å². The molecule has 46 heavy (non-hydrogen) atoms.